The van der Waals surface area contributed by atoms with Crippen LogP contribution in [0.2, 0.25) is 0 Å². The fourth-order valence-electron chi connectivity index (χ4n) is 2.17. The molecule has 24 heavy (non-hydrogen) atoms. The molecule has 0 amide bonds. The van der Waals surface area contributed by atoms with Crippen molar-refractivity contribution in [3.63, 3.8) is 0 Å². The number of hydrogen-bond acceptors (Lipinski definition) is 8. The van der Waals surface area contributed by atoms with E-state index in [1.54, 1.807) is 0 Å². The zero-order valence-electron chi connectivity index (χ0n) is 12.3. The van der Waals surface area contributed by atoms with Crippen LogP contribution in [0.3, 0.4) is 0 Å². The quantitative estimate of drug-likeness (QED) is 0.181. The largest absolute Gasteiger partial charge is 1.00 e. The smallest absolute Gasteiger partial charge is 0.507 e. The summed E-state index contributed by atoms with van der Waals surface area (Å²) in [6.07, 6.45) is 0. The molecule has 1 heterocycles. The molecule has 0 atom stereocenters. The molecule has 3 aromatic rings. The van der Waals surface area contributed by atoms with Crippen molar-refractivity contribution in [2.45, 2.75) is 0 Å². The first-order valence-corrected chi connectivity index (χ1v) is 6.27. The van der Waals surface area contributed by atoms with Gasteiger partial charge in [-0.05, 0) is 18.2 Å². The molecule has 8 nitrogen and oxygen atoms in total. The molecular formula is C15H10NaO8+. The number of benzene rings is 2. The Hall–Kier alpha value is -2.55. The van der Waals surface area contributed by atoms with Gasteiger partial charge in [0.1, 0.15) is 11.1 Å². The molecule has 0 radical (unpaired) electrons. The van der Waals surface area contributed by atoms with Gasteiger partial charge in [0.2, 0.25) is 16.9 Å². The number of rotatable bonds is 1. The summed E-state index contributed by atoms with van der Waals surface area (Å²) in [5.74, 6) is -4.43. The van der Waals surface area contributed by atoms with Gasteiger partial charge in [-0.25, -0.2) is 0 Å². The minimum absolute atomic E-state index is 0. The van der Waals surface area contributed by atoms with Gasteiger partial charge in [0.05, 0.1) is 0 Å². The summed E-state index contributed by atoms with van der Waals surface area (Å²) in [6.45, 7) is 0. The van der Waals surface area contributed by atoms with Gasteiger partial charge in [-0.3, -0.25) is 4.79 Å². The van der Waals surface area contributed by atoms with Crippen LogP contribution in [0.4, 0.5) is 0 Å². The predicted octanol–water partition coefficient (Wildman–Crippen LogP) is -1.30. The van der Waals surface area contributed by atoms with Gasteiger partial charge in [-0.1, -0.05) is 0 Å². The predicted molar refractivity (Wildman–Crippen MR) is 77.9 cm³/mol. The molecule has 0 aliphatic rings. The van der Waals surface area contributed by atoms with Crippen molar-refractivity contribution < 1.29 is 64.6 Å². The van der Waals surface area contributed by atoms with E-state index in [1.165, 1.54) is 6.07 Å². The van der Waals surface area contributed by atoms with E-state index < -0.39 is 56.7 Å². The third kappa shape index (κ3) is 2.60. The Bertz CT molecular complexity index is 1010. The monoisotopic (exact) mass is 341 g/mol. The molecule has 0 fully saturated rings. The van der Waals surface area contributed by atoms with Gasteiger partial charge in [0.15, 0.2) is 28.6 Å². The molecular weight excluding hydrogens is 331 g/mol. The Morgan fingerprint density at radius 2 is 1.42 bits per heavy atom. The Balaban J connectivity index is 0.00000208. The summed E-state index contributed by atoms with van der Waals surface area (Å²) < 4.78 is 5.23. The molecule has 0 saturated heterocycles. The van der Waals surface area contributed by atoms with Gasteiger partial charge in [0.25, 0.3) is 0 Å². The number of phenolic OH excluding ortho intramolecular Hbond substituents is 5. The molecule has 0 spiro atoms. The molecule has 0 unspecified atom stereocenters. The van der Waals surface area contributed by atoms with Crippen molar-refractivity contribution in [1.29, 1.82) is 0 Å². The Morgan fingerprint density at radius 3 is 2.04 bits per heavy atom. The van der Waals surface area contributed by atoms with Crippen LogP contribution < -0.4 is 35.0 Å². The van der Waals surface area contributed by atoms with E-state index in [0.717, 1.165) is 18.2 Å². The average Bonchev–Trinajstić information content (AvgIpc) is 2.50. The molecule has 0 bridgehead atoms. The van der Waals surface area contributed by atoms with Gasteiger partial charge in [0, 0.05) is 11.6 Å². The van der Waals surface area contributed by atoms with Gasteiger partial charge in [-0.15, -0.1) is 0 Å². The minimum Gasteiger partial charge on any atom is -0.507 e. The number of aromatic hydroxyl groups is 6. The third-order valence-corrected chi connectivity index (χ3v) is 3.31. The van der Waals surface area contributed by atoms with E-state index in [2.05, 4.69) is 0 Å². The Labute approximate surface area is 155 Å². The van der Waals surface area contributed by atoms with Crippen molar-refractivity contribution >= 4 is 11.0 Å². The molecule has 0 aliphatic carbocycles. The molecule has 6 N–H and O–H groups in total. The summed E-state index contributed by atoms with van der Waals surface area (Å²) in [7, 11) is 0. The van der Waals surface area contributed by atoms with E-state index in [1.807, 2.05) is 0 Å². The molecule has 118 valence electrons. The molecule has 1 aromatic heterocycles. The van der Waals surface area contributed by atoms with Crippen molar-refractivity contribution in [3.8, 4) is 45.8 Å². The SMILES string of the molecule is O=c1c(O)c(-c2ccc(O)c(O)c2)oc2c(O)c(O)cc(O)c12.[Na+]. The number of fused-ring (bicyclic) bond motifs is 1. The van der Waals surface area contributed by atoms with Crippen LogP contribution in [0, 0.1) is 0 Å². The van der Waals surface area contributed by atoms with Crippen LogP contribution in [-0.4, -0.2) is 30.6 Å². The number of hydrogen-bond donors (Lipinski definition) is 6. The van der Waals surface area contributed by atoms with E-state index in [4.69, 9.17) is 4.42 Å². The summed E-state index contributed by atoms with van der Waals surface area (Å²) in [6, 6.07) is 4.12. The van der Waals surface area contributed by atoms with Gasteiger partial charge >= 0.3 is 29.6 Å². The van der Waals surface area contributed by atoms with Crippen LogP contribution in [-0.2, 0) is 0 Å². The van der Waals surface area contributed by atoms with Crippen LogP contribution in [0.1, 0.15) is 0 Å². The summed E-state index contributed by atoms with van der Waals surface area (Å²) in [5, 5.41) is 57.3. The topological polar surface area (TPSA) is 152 Å². The first-order chi connectivity index (χ1) is 10.8. The zero-order chi connectivity index (χ0) is 16.9. The second kappa shape index (κ2) is 6.16. The van der Waals surface area contributed by atoms with Crippen LogP contribution in [0.5, 0.6) is 34.5 Å². The second-order valence-corrected chi connectivity index (χ2v) is 4.78. The Morgan fingerprint density at radius 1 is 0.750 bits per heavy atom. The Kier molecular flexibility index (Phi) is 4.57. The van der Waals surface area contributed by atoms with E-state index in [-0.39, 0.29) is 35.1 Å². The second-order valence-electron chi connectivity index (χ2n) is 4.78. The van der Waals surface area contributed by atoms with E-state index >= 15 is 0 Å². The molecule has 0 aliphatic heterocycles. The van der Waals surface area contributed by atoms with Gasteiger partial charge in [-0.2, -0.15) is 0 Å². The molecule has 9 heteroatoms. The van der Waals surface area contributed by atoms with Crippen molar-refractivity contribution in [3.05, 3.63) is 34.5 Å². The van der Waals surface area contributed by atoms with Crippen LogP contribution in [0.25, 0.3) is 22.3 Å². The summed E-state index contributed by atoms with van der Waals surface area (Å²) in [5.41, 5.74) is -1.55. The fraction of sp³-hybridized carbons (Fsp3) is 0. The van der Waals surface area contributed by atoms with Crippen molar-refractivity contribution in [2.75, 3.05) is 0 Å². The maximum Gasteiger partial charge on any atom is 1.00 e. The maximum atomic E-state index is 12.2. The average molecular weight is 341 g/mol. The summed E-state index contributed by atoms with van der Waals surface area (Å²) >= 11 is 0. The first kappa shape index (κ1) is 17.8. The van der Waals surface area contributed by atoms with E-state index in [0.29, 0.717) is 0 Å². The number of phenols is 5. The molecule has 0 saturated carbocycles. The standard InChI is InChI=1S/C15H10O8.Na/c16-6-2-1-5(3-7(6)17)14-13(22)12(21)10-8(18)4-9(19)11(20)15(10)23-14;/h1-4,16-20,22H;/q;+1. The maximum absolute atomic E-state index is 12.2. The van der Waals surface area contributed by atoms with Crippen LogP contribution in [0.15, 0.2) is 33.5 Å². The molecule has 3 rings (SSSR count). The van der Waals surface area contributed by atoms with Crippen LogP contribution >= 0.6 is 0 Å². The van der Waals surface area contributed by atoms with Gasteiger partial charge < -0.3 is 35.1 Å². The third-order valence-electron chi connectivity index (χ3n) is 3.31. The normalized spacial score (nSPS) is 10.5. The van der Waals surface area contributed by atoms with Crippen molar-refractivity contribution in [1.82, 2.24) is 0 Å². The van der Waals surface area contributed by atoms with E-state index in [9.17, 15) is 35.4 Å². The van der Waals surface area contributed by atoms with Crippen molar-refractivity contribution in [2.24, 2.45) is 0 Å². The molecule has 2 aromatic carbocycles. The first-order valence-electron chi connectivity index (χ1n) is 6.27. The minimum atomic E-state index is -1.04. The zero-order valence-corrected chi connectivity index (χ0v) is 14.3. The fourth-order valence-corrected chi connectivity index (χ4v) is 2.17. The summed E-state index contributed by atoms with van der Waals surface area (Å²) in [4.78, 5) is 12.2.